The summed E-state index contributed by atoms with van der Waals surface area (Å²) in [5.74, 6) is -0.0826. The van der Waals surface area contributed by atoms with Crippen molar-refractivity contribution < 1.29 is 14.3 Å². The molecule has 1 amide bonds. The number of imidazole rings is 1. The van der Waals surface area contributed by atoms with Gasteiger partial charge in [0, 0.05) is 0 Å². The number of nitrogens with two attached hydrogens (primary N) is 1. The molecule has 10 nitrogen and oxygen atoms in total. The lowest BCUT2D eigenvalue weighted by Gasteiger charge is -2.04. The maximum absolute atomic E-state index is 12.4. The van der Waals surface area contributed by atoms with Crippen LogP contribution in [0.3, 0.4) is 0 Å². The van der Waals surface area contributed by atoms with Crippen LogP contribution in [0.15, 0.2) is 30.5 Å². The molecule has 10 heteroatoms. The van der Waals surface area contributed by atoms with Gasteiger partial charge in [-0.25, -0.2) is 14.3 Å². The highest BCUT2D eigenvalue weighted by Gasteiger charge is 2.16. The van der Waals surface area contributed by atoms with Crippen molar-refractivity contribution in [1.82, 2.24) is 24.5 Å². The van der Waals surface area contributed by atoms with Crippen LogP contribution in [0.25, 0.3) is 11.0 Å². The van der Waals surface area contributed by atoms with E-state index in [4.69, 9.17) is 5.73 Å². The normalized spacial score (nSPS) is 10.7. The highest BCUT2D eigenvalue weighted by molar-refractivity contribution is 5.93. The quantitative estimate of drug-likeness (QED) is 0.728. The minimum absolute atomic E-state index is 0.0938. The number of fused-ring (bicyclic) bond motifs is 1. The van der Waals surface area contributed by atoms with E-state index in [0.29, 0.717) is 11.0 Å². The van der Waals surface area contributed by atoms with Crippen molar-refractivity contribution in [3.8, 4) is 0 Å². The molecular formula is C13H13N7O3. The third kappa shape index (κ3) is 2.81. The molecule has 0 aliphatic carbocycles. The monoisotopic (exact) mass is 315 g/mol. The zero-order valence-corrected chi connectivity index (χ0v) is 12.1. The van der Waals surface area contributed by atoms with E-state index in [9.17, 15) is 9.59 Å². The van der Waals surface area contributed by atoms with Crippen molar-refractivity contribution in [2.45, 2.75) is 6.54 Å². The van der Waals surface area contributed by atoms with E-state index in [1.165, 1.54) is 17.9 Å². The Kier molecular flexibility index (Phi) is 3.63. The fourth-order valence-electron chi connectivity index (χ4n) is 2.08. The number of nitrogens with zero attached hydrogens (tertiary/aromatic N) is 5. The molecule has 2 heterocycles. The number of aromatic nitrogens is 5. The first-order chi connectivity index (χ1) is 11.1. The van der Waals surface area contributed by atoms with Crippen LogP contribution in [0, 0.1) is 0 Å². The van der Waals surface area contributed by atoms with Gasteiger partial charge in [0.15, 0.2) is 5.82 Å². The molecule has 0 aliphatic rings. The van der Waals surface area contributed by atoms with E-state index >= 15 is 0 Å². The number of para-hydroxylation sites is 2. The summed E-state index contributed by atoms with van der Waals surface area (Å²) in [7, 11) is 1.23. The zero-order chi connectivity index (χ0) is 16.4. The molecule has 0 radical (unpaired) electrons. The van der Waals surface area contributed by atoms with Crippen molar-refractivity contribution in [3.05, 3.63) is 30.5 Å². The molecule has 3 N–H and O–H groups in total. The summed E-state index contributed by atoms with van der Waals surface area (Å²) in [5.41, 5.74) is 7.04. The number of carbonyl (C=O) groups is 2. The summed E-state index contributed by atoms with van der Waals surface area (Å²) >= 11 is 0. The van der Waals surface area contributed by atoms with Crippen molar-refractivity contribution in [2.24, 2.45) is 0 Å². The Labute approximate surface area is 129 Å². The van der Waals surface area contributed by atoms with Gasteiger partial charge in [0.2, 0.25) is 5.95 Å². The molecule has 0 bridgehead atoms. The van der Waals surface area contributed by atoms with E-state index < -0.39 is 6.09 Å². The highest BCUT2D eigenvalue weighted by atomic mass is 16.5. The molecule has 2 aromatic heterocycles. The molecule has 0 fully saturated rings. The lowest BCUT2D eigenvalue weighted by atomic mass is 10.3. The first kappa shape index (κ1) is 14.5. The molecule has 118 valence electrons. The van der Waals surface area contributed by atoms with Gasteiger partial charge in [-0.3, -0.25) is 10.1 Å². The van der Waals surface area contributed by atoms with E-state index in [1.54, 1.807) is 18.2 Å². The van der Waals surface area contributed by atoms with Crippen LogP contribution in [0.1, 0.15) is 4.79 Å². The molecule has 0 spiro atoms. The van der Waals surface area contributed by atoms with Crippen LogP contribution in [-0.2, 0) is 11.3 Å². The largest absolute Gasteiger partial charge is 0.453 e. The van der Waals surface area contributed by atoms with Crippen LogP contribution >= 0.6 is 0 Å². The zero-order valence-electron chi connectivity index (χ0n) is 12.1. The van der Waals surface area contributed by atoms with Crippen LogP contribution < -0.4 is 11.1 Å². The van der Waals surface area contributed by atoms with Gasteiger partial charge in [-0.15, -0.1) is 5.10 Å². The average molecular weight is 315 g/mol. The van der Waals surface area contributed by atoms with Gasteiger partial charge in [0.25, 0.3) is 5.91 Å². The van der Waals surface area contributed by atoms with Crippen LogP contribution in [0.2, 0.25) is 0 Å². The van der Waals surface area contributed by atoms with Gasteiger partial charge in [-0.05, 0) is 12.1 Å². The molecule has 3 rings (SSSR count). The van der Waals surface area contributed by atoms with Crippen LogP contribution in [0.5, 0.6) is 0 Å². The number of rotatable bonds is 3. The third-order valence-electron chi connectivity index (χ3n) is 3.06. The number of methoxy groups -OCH3 is 1. The van der Waals surface area contributed by atoms with Gasteiger partial charge >= 0.3 is 6.09 Å². The molecule has 0 aliphatic heterocycles. The molecule has 23 heavy (non-hydrogen) atoms. The smallest absolute Gasteiger partial charge is 0.412 e. The Hall–Kier alpha value is -3.43. The highest BCUT2D eigenvalue weighted by Crippen LogP contribution is 2.17. The van der Waals surface area contributed by atoms with E-state index in [-0.39, 0.29) is 24.2 Å². The number of carbonyl (C=O) groups excluding carboxylic acids is 2. The summed E-state index contributed by atoms with van der Waals surface area (Å²) in [4.78, 5) is 28.8. The second-order valence-electron chi connectivity index (χ2n) is 4.56. The minimum atomic E-state index is -0.673. The van der Waals surface area contributed by atoms with E-state index in [0.717, 1.165) is 4.80 Å². The fraction of sp³-hybridized carbons (Fsp3) is 0.154. The SMILES string of the molecule is COC(=O)Nc1cnn(CC(=O)n2c(N)nc3ccccc32)n1. The minimum Gasteiger partial charge on any atom is -0.453 e. The topological polar surface area (TPSA) is 130 Å². The molecule has 1 aromatic carbocycles. The number of benzene rings is 1. The Morgan fingerprint density at radius 2 is 2.13 bits per heavy atom. The third-order valence-corrected chi connectivity index (χ3v) is 3.06. The lowest BCUT2D eigenvalue weighted by molar-refractivity contribution is 0.0888. The summed E-state index contributed by atoms with van der Waals surface area (Å²) in [6.07, 6.45) is 0.632. The predicted octanol–water partition coefficient (Wildman–Crippen LogP) is 0.729. The number of amides is 1. The number of nitrogens with one attached hydrogen (secondary N) is 1. The molecule has 0 saturated carbocycles. The molecule has 3 aromatic rings. The van der Waals surface area contributed by atoms with Gasteiger partial charge in [0.05, 0.1) is 24.3 Å². The van der Waals surface area contributed by atoms with Gasteiger partial charge in [0.1, 0.15) is 6.54 Å². The second-order valence-corrected chi connectivity index (χ2v) is 4.56. The van der Waals surface area contributed by atoms with E-state index in [1.807, 2.05) is 6.07 Å². The summed E-state index contributed by atoms with van der Waals surface area (Å²) in [6, 6.07) is 7.11. The Morgan fingerprint density at radius 3 is 2.91 bits per heavy atom. The average Bonchev–Trinajstić information content (AvgIpc) is 3.09. The van der Waals surface area contributed by atoms with Gasteiger partial charge in [-0.1, -0.05) is 12.1 Å². The first-order valence-electron chi connectivity index (χ1n) is 6.59. The summed E-state index contributed by atoms with van der Waals surface area (Å²) in [6.45, 7) is -0.159. The van der Waals surface area contributed by atoms with Crippen molar-refractivity contribution >= 4 is 34.8 Å². The summed E-state index contributed by atoms with van der Waals surface area (Å²) < 4.78 is 5.74. The Morgan fingerprint density at radius 1 is 1.35 bits per heavy atom. The molecule has 0 unspecified atom stereocenters. The molecular weight excluding hydrogens is 302 g/mol. The summed E-state index contributed by atoms with van der Waals surface area (Å²) in [5, 5.41) is 10.2. The maximum atomic E-state index is 12.4. The standard InChI is InChI=1S/C13H13N7O3/c1-23-13(22)17-10-6-15-19(18-10)7-11(21)20-9-5-3-2-4-8(9)16-12(20)14/h2-6H,7H2,1H3,(H2,14,16)(H,17,18,22). The predicted molar refractivity (Wildman–Crippen MR) is 80.8 cm³/mol. The Balaban J connectivity index is 1.81. The number of anilines is 2. The fourth-order valence-corrected chi connectivity index (χ4v) is 2.08. The van der Waals surface area contributed by atoms with Crippen LogP contribution in [0.4, 0.5) is 16.6 Å². The number of nitrogen functional groups attached to an aromatic ring is 1. The van der Waals surface area contributed by atoms with E-state index in [2.05, 4.69) is 25.2 Å². The van der Waals surface area contributed by atoms with Crippen molar-refractivity contribution in [3.63, 3.8) is 0 Å². The van der Waals surface area contributed by atoms with Crippen molar-refractivity contribution in [1.29, 1.82) is 0 Å². The number of ether oxygens (including phenoxy) is 1. The lowest BCUT2D eigenvalue weighted by Crippen LogP contribution is -2.21. The van der Waals surface area contributed by atoms with Gasteiger partial charge in [-0.2, -0.15) is 9.90 Å². The number of hydrogen-bond donors (Lipinski definition) is 2. The van der Waals surface area contributed by atoms with Gasteiger partial charge < -0.3 is 10.5 Å². The van der Waals surface area contributed by atoms with Crippen molar-refractivity contribution in [2.75, 3.05) is 18.2 Å². The van der Waals surface area contributed by atoms with Crippen LogP contribution in [-0.4, -0.2) is 43.7 Å². The second kappa shape index (κ2) is 5.75. The molecule has 0 atom stereocenters. The Bertz CT molecular complexity index is 883. The maximum Gasteiger partial charge on any atom is 0.412 e. The first-order valence-corrected chi connectivity index (χ1v) is 6.59. The molecule has 0 saturated heterocycles. The number of hydrogen-bond acceptors (Lipinski definition) is 7.